The highest BCUT2D eigenvalue weighted by molar-refractivity contribution is 4.91. The zero-order valence-corrected chi connectivity index (χ0v) is 13.6. The fraction of sp³-hybridized carbons (Fsp3) is 1.00. The minimum Gasteiger partial charge on any atom is -0.381 e. The van der Waals surface area contributed by atoms with Crippen molar-refractivity contribution in [2.45, 2.75) is 63.6 Å². The molecule has 0 amide bonds. The highest BCUT2D eigenvalue weighted by Gasteiger charge is 2.36. The van der Waals surface area contributed by atoms with Crippen LogP contribution in [0.4, 0.5) is 0 Å². The SMILES string of the molecule is CCCNC(CN1CCOC2CCCCC21)C1CCOC1. The minimum absolute atomic E-state index is 0.499. The summed E-state index contributed by atoms with van der Waals surface area (Å²) in [6, 6.07) is 1.26. The first-order chi connectivity index (χ1) is 10.4. The molecule has 0 aromatic carbocycles. The first-order valence-electron chi connectivity index (χ1n) is 9.05. The van der Waals surface area contributed by atoms with Crippen molar-refractivity contribution >= 4 is 0 Å². The molecule has 2 heterocycles. The Morgan fingerprint density at radius 2 is 2.10 bits per heavy atom. The van der Waals surface area contributed by atoms with E-state index in [9.17, 15) is 0 Å². The number of fused-ring (bicyclic) bond motifs is 1. The van der Waals surface area contributed by atoms with Crippen LogP contribution in [0.5, 0.6) is 0 Å². The Bertz CT molecular complexity index is 305. The minimum atomic E-state index is 0.499. The maximum atomic E-state index is 6.01. The fourth-order valence-electron chi connectivity index (χ4n) is 4.24. The first-order valence-corrected chi connectivity index (χ1v) is 9.05. The summed E-state index contributed by atoms with van der Waals surface area (Å²) in [7, 11) is 0. The number of ether oxygens (including phenoxy) is 2. The summed E-state index contributed by atoms with van der Waals surface area (Å²) in [5.74, 6) is 0.696. The van der Waals surface area contributed by atoms with Gasteiger partial charge in [0.15, 0.2) is 0 Å². The van der Waals surface area contributed by atoms with Crippen LogP contribution in [0.3, 0.4) is 0 Å². The smallest absolute Gasteiger partial charge is 0.0730 e. The Kier molecular flexibility index (Phi) is 5.92. The van der Waals surface area contributed by atoms with Crippen LogP contribution in [0.1, 0.15) is 45.4 Å². The highest BCUT2D eigenvalue weighted by Crippen LogP contribution is 2.29. The van der Waals surface area contributed by atoms with E-state index in [1.54, 1.807) is 0 Å². The molecule has 3 aliphatic rings. The molecule has 4 atom stereocenters. The molecule has 0 spiro atoms. The van der Waals surface area contributed by atoms with Gasteiger partial charge in [0.25, 0.3) is 0 Å². The average Bonchev–Trinajstić information content (AvgIpc) is 3.06. The van der Waals surface area contributed by atoms with Crippen molar-refractivity contribution in [1.29, 1.82) is 0 Å². The molecule has 0 radical (unpaired) electrons. The van der Waals surface area contributed by atoms with Gasteiger partial charge in [-0.2, -0.15) is 0 Å². The van der Waals surface area contributed by atoms with E-state index in [0.717, 1.165) is 32.9 Å². The van der Waals surface area contributed by atoms with Crippen LogP contribution in [0.2, 0.25) is 0 Å². The number of nitrogens with one attached hydrogen (secondary N) is 1. The summed E-state index contributed by atoms with van der Waals surface area (Å²) < 4.78 is 11.6. The van der Waals surface area contributed by atoms with E-state index in [-0.39, 0.29) is 0 Å². The van der Waals surface area contributed by atoms with Gasteiger partial charge < -0.3 is 14.8 Å². The number of hydrogen-bond acceptors (Lipinski definition) is 4. The van der Waals surface area contributed by atoms with E-state index in [1.807, 2.05) is 0 Å². The van der Waals surface area contributed by atoms with Crippen molar-refractivity contribution in [1.82, 2.24) is 10.2 Å². The first kappa shape index (κ1) is 15.7. The Labute approximate surface area is 129 Å². The molecule has 4 heteroatoms. The van der Waals surface area contributed by atoms with E-state index >= 15 is 0 Å². The Balaban J connectivity index is 1.59. The van der Waals surface area contributed by atoms with Crippen LogP contribution in [0.25, 0.3) is 0 Å². The van der Waals surface area contributed by atoms with Crippen LogP contribution >= 0.6 is 0 Å². The lowest BCUT2D eigenvalue weighted by Gasteiger charge is -2.45. The monoisotopic (exact) mass is 296 g/mol. The Morgan fingerprint density at radius 3 is 2.90 bits per heavy atom. The number of nitrogens with zero attached hydrogens (tertiary/aromatic N) is 1. The van der Waals surface area contributed by atoms with E-state index in [0.29, 0.717) is 24.1 Å². The third-order valence-corrected chi connectivity index (χ3v) is 5.47. The molecule has 21 heavy (non-hydrogen) atoms. The van der Waals surface area contributed by atoms with Crippen LogP contribution in [-0.2, 0) is 9.47 Å². The largest absolute Gasteiger partial charge is 0.381 e. The topological polar surface area (TPSA) is 33.7 Å². The molecule has 0 bridgehead atoms. The lowest BCUT2D eigenvalue weighted by molar-refractivity contribution is -0.0916. The van der Waals surface area contributed by atoms with Gasteiger partial charge in [-0.1, -0.05) is 19.8 Å². The summed E-state index contributed by atoms with van der Waals surface area (Å²) in [5.41, 5.74) is 0. The second kappa shape index (κ2) is 7.91. The molecule has 4 nitrogen and oxygen atoms in total. The van der Waals surface area contributed by atoms with Crippen molar-refractivity contribution in [2.24, 2.45) is 5.92 Å². The van der Waals surface area contributed by atoms with E-state index in [4.69, 9.17) is 9.47 Å². The molecule has 0 aromatic rings. The maximum Gasteiger partial charge on any atom is 0.0730 e. The molecule has 4 unspecified atom stereocenters. The second-order valence-corrected chi connectivity index (χ2v) is 6.94. The molecule has 0 aromatic heterocycles. The lowest BCUT2D eigenvalue weighted by Crippen LogP contribution is -2.57. The highest BCUT2D eigenvalue weighted by atomic mass is 16.5. The van der Waals surface area contributed by atoms with Gasteiger partial charge in [-0.3, -0.25) is 4.90 Å². The van der Waals surface area contributed by atoms with E-state index in [2.05, 4.69) is 17.1 Å². The van der Waals surface area contributed by atoms with Crippen LogP contribution in [-0.4, -0.2) is 62.5 Å². The zero-order chi connectivity index (χ0) is 14.5. The van der Waals surface area contributed by atoms with Crippen molar-refractivity contribution in [3.63, 3.8) is 0 Å². The predicted molar refractivity (Wildman–Crippen MR) is 84.6 cm³/mol. The van der Waals surface area contributed by atoms with Crippen molar-refractivity contribution in [3.05, 3.63) is 0 Å². The molecule has 1 N–H and O–H groups in total. The van der Waals surface area contributed by atoms with Crippen molar-refractivity contribution in [3.8, 4) is 0 Å². The summed E-state index contributed by atoms with van der Waals surface area (Å²) in [4.78, 5) is 2.72. The molecule has 2 aliphatic heterocycles. The molecule has 3 rings (SSSR count). The summed E-state index contributed by atoms with van der Waals surface area (Å²) in [6.07, 6.45) is 8.25. The maximum absolute atomic E-state index is 6.01. The van der Waals surface area contributed by atoms with Gasteiger partial charge in [0.2, 0.25) is 0 Å². The molecular formula is C17H32N2O2. The van der Waals surface area contributed by atoms with Crippen LogP contribution in [0.15, 0.2) is 0 Å². The van der Waals surface area contributed by atoms with Gasteiger partial charge in [-0.25, -0.2) is 0 Å². The molecule has 3 fully saturated rings. The summed E-state index contributed by atoms with van der Waals surface area (Å²) in [5, 5.41) is 3.79. The Hall–Kier alpha value is -0.160. The average molecular weight is 296 g/mol. The van der Waals surface area contributed by atoms with Gasteiger partial charge in [0.05, 0.1) is 19.3 Å². The van der Waals surface area contributed by atoms with E-state index in [1.165, 1.54) is 45.1 Å². The van der Waals surface area contributed by atoms with Gasteiger partial charge in [-0.15, -0.1) is 0 Å². The molecule has 2 saturated heterocycles. The Morgan fingerprint density at radius 1 is 1.19 bits per heavy atom. The van der Waals surface area contributed by atoms with Crippen molar-refractivity contribution in [2.75, 3.05) is 39.5 Å². The third kappa shape index (κ3) is 3.98. The van der Waals surface area contributed by atoms with Gasteiger partial charge in [-0.05, 0) is 32.2 Å². The zero-order valence-electron chi connectivity index (χ0n) is 13.6. The number of hydrogen-bond donors (Lipinski definition) is 1. The third-order valence-electron chi connectivity index (χ3n) is 5.47. The van der Waals surface area contributed by atoms with Gasteiger partial charge >= 0.3 is 0 Å². The fourth-order valence-corrected chi connectivity index (χ4v) is 4.24. The lowest BCUT2D eigenvalue weighted by atomic mass is 9.89. The molecule has 1 aliphatic carbocycles. The standard InChI is InChI=1S/C17H32N2O2/c1-2-8-18-15(14-7-10-20-13-14)12-19-9-11-21-17-6-4-3-5-16(17)19/h14-18H,2-13H2,1H3. The van der Waals surface area contributed by atoms with Crippen molar-refractivity contribution < 1.29 is 9.47 Å². The molecule has 1 saturated carbocycles. The molecule has 122 valence electrons. The van der Waals surface area contributed by atoms with E-state index < -0.39 is 0 Å². The van der Waals surface area contributed by atoms with Crippen LogP contribution < -0.4 is 5.32 Å². The van der Waals surface area contributed by atoms with Crippen LogP contribution in [0, 0.1) is 5.92 Å². The number of morpholine rings is 1. The molecular weight excluding hydrogens is 264 g/mol. The summed E-state index contributed by atoms with van der Waals surface area (Å²) in [6.45, 7) is 8.48. The van der Waals surface area contributed by atoms with Gasteiger partial charge in [0.1, 0.15) is 0 Å². The van der Waals surface area contributed by atoms with Gasteiger partial charge in [0, 0.05) is 37.7 Å². The number of rotatable bonds is 6. The predicted octanol–water partition coefficient (Wildman–Crippen LogP) is 2.03. The summed E-state index contributed by atoms with van der Waals surface area (Å²) >= 11 is 0. The normalized spacial score (nSPS) is 35.6. The quantitative estimate of drug-likeness (QED) is 0.813. The second-order valence-electron chi connectivity index (χ2n) is 6.94.